The van der Waals surface area contributed by atoms with Crippen LogP contribution in [-0.4, -0.2) is 29.8 Å². The third-order valence-electron chi connectivity index (χ3n) is 3.69. The second kappa shape index (κ2) is 6.31. The molecule has 0 atom stereocenters. The van der Waals surface area contributed by atoms with Crippen LogP contribution in [0.4, 0.5) is 11.5 Å². The summed E-state index contributed by atoms with van der Waals surface area (Å²) in [6.45, 7) is 5.87. The first kappa shape index (κ1) is 14.9. The Morgan fingerprint density at radius 2 is 2.20 bits per heavy atom. The van der Waals surface area contributed by atoms with Crippen LogP contribution in [-0.2, 0) is 0 Å². The van der Waals surface area contributed by atoms with E-state index in [0.717, 1.165) is 18.8 Å². The molecule has 0 aliphatic heterocycles. The van der Waals surface area contributed by atoms with E-state index >= 15 is 0 Å². The van der Waals surface area contributed by atoms with Crippen LogP contribution < -0.4 is 15.8 Å². The SMILES string of the molecule is CC(C)COc1nc(NCC2(CCO)CC2)ccc1N. The maximum Gasteiger partial charge on any atom is 0.239 e. The van der Waals surface area contributed by atoms with Crippen molar-refractivity contribution in [2.24, 2.45) is 11.3 Å². The molecule has 0 saturated heterocycles. The summed E-state index contributed by atoms with van der Waals surface area (Å²) in [4.78, 5) is 4.41. The third kappa shape index (κ3) is 4.00. The molecule has 1 heterocycles. The second-order valence-electron chi connectivity index (χ2n) is 6.12. The van der Waals surface area contributed by atoms with Gasteiger partial charge in [-0.2, -0.15) is 4.98 Å². The summed E-state index contributed by atoms with van der Waals surface area (Å²) in [5.41, 5.74) is 6.69. The number of hydrogen-bond donors (Lipinski definition) is 3. The topological polar surface area (TPSA) is 80.4 Å². The molecule has 4 N–H and O–H groups in total. The van der Waals surface area contributed by atoms with Gasteiger partial charge in [-0.3, -0.25) is 0 Å². The van der Waals surface area contributed by atoms with Crippen LogP contribution in [0.5, 0.6) is 5.88 Å². The van der Waals surface area contributed by atoms with Gasteiger partial charge in [0, 0.05) is 13.2 Å². The van der Waals surface area contributed by atoms with Gasteiger partial charge in [-0.1, -0.05) is 13.8 Å². The zero-order valence-corrected chi connectivity index (χ0v) is 12.4. The minimum Gasteiger partial charge on any atom is -0.476 e. The monoisotopic (exact) mass is 279 g/mol. The van der Waals surface area contributed by atoms with E-state index in [4.69, 9.17) is 15.6 Å². The fourth-order valence-electron chi connectivity index (χ4n) is 2.12. The Bertz CT molecular complexity index is 445. The Hall–Kier alpha value is -1.49. The number of nitrogens with two attached hydrogens (primary N) is 1. The summed E-state index contributed by atoms with van der Waals surface area (Å²) < 4.78 is 5.62. The standard InChI is InChI=1S/C15H25N3O2/c1-11(2)9-20-14-12(16)3-4-13(18-14)17-10-15(5-6-15)7-8-19/h3-4,11,19H,5-10,16H2,1-2H3,(H,17,18). The van der Waals surface area contributed by atoms with Crippen molar-refractivity contribution >= 4 is 11.5 Å². The minimum absolute atomic E-state index is 0.250. The molecule has 1 aliphatic rings. The van der Waals surface area contributed by atoms with Crippen molar-refractivity contribution < 1.29 is 9.84 Å². The van der Waals surface area contributed by atoms with Crippen LogP contribution in [0.2, 0.25) is 0 Å². The van der Waals surface area contributed by atoms with E-state index in [0.29, 0.717) is 24.1 Å². The van der Waals surface area contributed by atoms with Crippen LogP contribution in [0, 0.1) is 11.3 Å². The molecule has 0 radical (unpaired) electrons. The average Bonchev–Trinajstić information content (AvgIpc) is 3.17. The first-order valence-electron chi connectivity index (χ1n) is 7.29. The number of nitrogen functional groups attached to an aromatic ring is 1. The molecular formula is C15H25N3O2. The summed E-state index contributed by atoms with van der Waals surface area (Å²) in [7, 11) is 0. The van der Waals surface area contributed by atoms with Crippen LogP contribution in [0.15, 0.2) is 12.1 Å². The molecule has 5 heteroatoms. The number of nitrogens with zero attached hydrogens (tertiary/aromatic N) is 1. The summed E-state index contributed by atoms with van der Waals surface area (Å²) in [5.74, 6) is 1.71. The van der Waals surface area contributed by atoms with Gasteiger partial charge in [0.1, 0.15) is 5.82 Å². The van der Waals surface area contributed by atoms with E-state index in [-0.39, 0.29) is 12.0 Å². The highest BCUT2D eigenvalue weighted by Gasteiger charge is 2.41. The van der Waals surface area contributed by atoms with Gasteiger partial charge < -0.3 is 20.9 Å². The highest BCUT2D eigenvalue weighted by atomic mass is 16.5. The Morgan fingerprint density at radius 1 is 1.45 bits per heavy atom. The minimum atomic E-state index is 0.250. The number of hydrogen-bond acceptors (Lipinski definition) is 5. The third-order valence-corrected chi connectivity index (χ3v) is 3.69. The van der Waals surface area contributed by atoms with Gasteiger partial charge in [0.2, 0.25) is 5.88 Å². The lowest BCUT2D eigenvalue weighted by molar-refractivity contribution is 0.253. The predicted octanol–water partition coefficient (Wildman–Crippen LogP) is 2.27. The Morgan fingerprint density at radius 3 is 2.80 bits per heavy atom. The summed E-state index contributed by atoms with van der Waals surface area (Å²) >= 11 is 0. The number of rotatable bonds is 8. The average molecular weight is 279 g/mol. The molecule has 0 spiro atoms. The number of aromatic nitrogens is 1. The lowest BCUT2D eigenvalue weighted by Crippen LogP contribution is -2.17. The van der Waals surface area contributed by atoms with Gasteiger partial charge >= 0.3 is 0 Å². The number of aliphatic hydroxyl groups is 1. The predicted molar refractivity (Wildman–Crippen MR) is 80.8 cm³/mol. The van der Waals surface area contributed by atoms with Crippen LogP contribution in [0.3, 0.4) is 0 Å². The highest BCUT2D eigenvalue weighted by Crippen LogP contribution is 2.48. The molecule has 5 nitrogen and oxygen atoms in total. The molecule has 1 aliphatic carbocycles. The van der Waals surface area contributed by atoms with Crippen LogP contribution in [0.25, 0.3) is 0 Å². The summed E-state index contributed by atoms with van der Waals surface area (Å²) in [5, 5.41) is 12.4. The zero-order chi connectivity index (χ0) is 14.6. The van der Waals surface area contributed by atoms with Crippen molar-refractivity contribution in [1.29, 1.82) is 0 Å². The van der Waals surface area contributed by atoms with Gasteiger partial charge in [0.25, 0.3) is 0 Å². The number of nitrogens with one attached hydrogen (secondary N) is 1. The van der Waals surface area contributed by atoms with Gasteiger partial charge in [-0.15, -0.1) is 0 Å². The zero-order valence-electron chi connectivity index (χ0n) is 12.4. The fraction of sp³-hybridized carbons (Fsp3) is 0.667. The fourth-order valence-corrected chi connectivity index (χ4v) is 2.12. The first-order valence-corrected chi connectivity index (χ1v) is 7.29. The lowest BCUT2D eigenvalue weighted by Gasteiger charge is -2.16. The van der Waals surface area contributed by atoms with Gasteiger partial charge in [-0.25, -0.2) is 0 Å². The number of anilines is 2. The molecule has 0 bridgehead atoms. The van der Waals surface area contributed by atoms with Crippen molar-refractivity contribution in [2.75, 3.05) is 30.8 Å². The smallest absolute Gasteiger partial charge is 0.239 e. The van der Waals surface area contributed by atoms with Crippen molar-refractivity contribution in [3.8, 4) is 5.88 Å². The number of ether oxygens (including phenoxy) is 1. The molecule has 112 valence electrons. The van der Waals surface area contributed by atoms with Crippen molar-refractivity contribution in [3.05, 3.63) is 12.1 Å². The van der Waals surface area contributed by atoms with Crippen molar-refractivity contribution in [3.63, 3.8) is 0 Å². The van der Waals surface area contributed by atoms with Crippen LogP contribution >= 0.6 is 0 Å². The number of pyridine rings is 1. The second-order valence-corrected chi connectivity index (χ2v) is 6.12. The Balaban J connectivity index is 1.93. The summed E-state index contributed by atoms with van der Waals surface area (Å²) in [6.07, 6.45) is 3.20. The molecule has 1 saturated carbocycles. The maximum absolute atomic E-state index is 9.06. The molecule has 0 amide bonds. The molecular weight excluding hydrogens is 254 g/mol. The van der Waals surface area contributed by atoms with E-state index < -0.39 is 0 Å². The van der Waals surface area contributed by atoms with E-state index in [1.54, 1.807) is 0 Å². The molecule has 1 aromatic heterocycles. The van der Waals surface area contributed by atoms with Crippen LogP contribution in [0.1, 0.15) is 33.1 Å². The van der Waals surface area contributed by atoms with Gasteiger partial charge in [0.05, 0.1) is 12.3 Å². The van der Waals surface area contributed by atoms with E-state index in [1.165, 1.54) is 12.8 Å². The largest absolute Gasteiger partial charge is 0.476 e. The molecule has 1 aromatic rings. The van der Waals surface area contributed by atoms with Crippen molar-refractivity contribution in [2.45, 2.75) is 33.1 Å². The van der Waals surface area contributed by atoms with Crippen molar-refractivity contribution in [1.82, 2.24) is 4.98 Å². The Kier molecular flexibility index (Phi) is 4.70. The Labute approximate surface area is 120 Å². The normalized spacial score (nSPS) is 16.2. The molecule has 2 rings (SSSR count). The van der Waals surface area contributed by atoms with Gasteiger partial charge in [-0.05, 0) is 42.7 Å². The molecule has 1 fully saturated rings. The highest BCUT2D eigenvalue weighted by molar-refractivity contribution is 5.53. The summed E-state index contributed by atoms with van der Waals surface area (Å²) in [6, 6.07) is 3.68. The molecule has 20 heavy (non-hydrogen) atoms. The lowest BCUT2D eigenvalue weighted by atomic mass is 10.0. The molecule has 0 unspecified atom stereocenters. The van der Waals surface area contributed by atoms with E-state index in [2.05, 4.69) is 24.1 Å². The van der Waals surface area contributed by atoms with E-state index in [9.17, 15) is 0 Å². The first-order chi connectivity index (χ1) is 9.54. The van der Waals surface area contributed by atoms with Gasteiger partial charge in [0.15, 0.2) is 0 Å². The maximum atomic E-state index is 9.06. The number of aliphatic hydroxyl groups excluding tert-OH is 1. The quantitative estimate of drug-likeness (QED) is 0.680. The molecule has 0 aromatic carbocycles. The van der Waals surface area contributed by atoms with E-state index in [1.807, 2.05) is 12.1 Å².